The number of benzene rings is 1. The van der Waals surface area contributed by atoms with Crippen LogP contribution in [0.1, 0.15) is 41.8 Å². The Morgan fingerprint density at radius 1 is 1.19 bits per heavy atom. The minimum Gasteiger partial charge on any atom is -0.497 e. The third kappa shape index (κ3) is 3.67. The van der Waals surface area contributed by atoms with Gasteiger partial charge in [0.05, 0.1) is 20.5 Å². The van der Waals surface area contributed by atoms with Gasteiger partial charge in [-0.25, -0.2) is 0 Å². The highest BCUT2D eigenvalue weighted by atomic mass is 16.5. The number of hydrogen-bond donors (Lipinski definition) is 1. The summed E-state index contributed by atoms with van der Waals surface area (Å²) in [4.78, 5) is 14.8. The zero-order valence-electron chi connectivity index (χ0n) is 15.8. The molecule has 1 aromatic carbocycles. The molecule has 0 saturated carbocycles. The number of rotatable bonds is 6. The van der Waals surface area contributed by atoms with Crippen molar-refractivity contribution in [2.45, 2.75) is 50.4 Å². The molecule has 2 aromatic rings. The van der Waals surface area contributed by atoms with Gasteiger partial charge in [-0.1, -0.05) is 6.07 Å². The molecular formula is C21H26N2O4. The lowest BCUT2D eigenvalue weighted by atomic mass is 9.96. The summed E-state index contributed by atoms with van der Waals surface area (Å²) < 4.78 is 16.1. The number of hydrogen-bond acceptors (Lipinski definition) is 5. The third-order valence-electron chi connectivity index (χ3n) is 5.81. The van der Waals surface area contributed by atoms with E-state index >= 15 is 0 Å². The fourth-order valence-corrected chi connectivity index (χ4v) is 4.49. The lowest BCUT2D eigenvalue weighted by molar-refractivity contribution is 0.0803. The van der Waals surface area contributed by atoms with Gasteiger partial charge in [0.15, 0.2) is 5.76 Å². The van der Waals surface area contributed by atoms with Crippen molar-refractivity contribution in [2.24, 2.45) is 0 Å². The summed E-state index contributed by atoms with van der Waals surface area (Å²) >= 11 is 0. The molecule has 2 aliphatic heterocycles. The Morgan fingerprint density at radius 2 is 1.96 bits per heavy atom. The Balaban J connectivity index is 1.42. The van der Waals surface area contributed by atoms with Gasteiger partial charge in [-0.05, 0) is 43.9 Å². The highest BCUT2D eigenvalue weighted by Crippen LogP contribution is 2.38. The zero-order chi connectivity index (χ0) is 18.8. The van der Waals surface area contributed by atoms with E-state index in [9.17, 15) is 4.79 Å². The van der Waals surface area contributed by atoms with E-state index in [4.69, 9.17) is 13.9 Å². The van der Waals surface area contributed by atoms with Crippen LogP contribution in [0.4, 0.5) is 0 Å². The molecule has 6 heteroatoms. The topological polar surface area (TPSA) is 63.9 Å². The molecule has 144 valence electrons. The number of fused-ring (bicyclic) bond motifs is 2. The third-order valence-corrected chi connectivity index (χ3v) is 5.81. The minimum atomic E-state index is -0.116. The number of piperidine rings is 1. The number of furan rings is 1. The molecule has 3 heterocycles. The molecule has 1 N–H and O–H groups in total. The predicted octanol–water partition coefficient (Wildman–Crippen LogP) is 3.22. The largest absolute Gasteiger partial charge is 0.497 e. The lowest BCUT2D eigenvalue weighted by Gasteiger charge is -2.39. The van der Waals surface area contributed by atoms with Crippen LogP contribution >= 0.6 is 0 Å². The maximum atomic E-state index is 12.3. The second-order valence-electron chi connectivity index (χ2n) is 7.35. The number of nitrogens with zero attached hydrogens (tertiary/aromatic N) is 1. The standard InChI is InChI=1S/C21H26N2O4/c1-25-18-8-5-14(20(12-18)26-2)13-23-16-6-7-17(23)11-15(10-16)22-21(24)19-4-3-9-27-19/h3-5,8-9,12,15-17H,6-7,10-11,13H2,1-2H3,(H,22,24). The van der Waals surface area contributed by atoms with Gasteiger partial charge in [0, 0.05) is 36.3 Å². The van der Waals surface area contributed by atoms with Crippen molar-refractivity contribution >= 4 is 5.91 Å². The van der Waals surface area contributed by atoms with Crippen molar-refractivity contribution in [2.75, 3.05) is 14.2 Å². The van der Waals surface area contributed by atoms with Gasteiger partial charge < -0.3 is 19.2 Å². The van der Waals surface area contributed by atoms with Gasteiger partial charge in [-0.15, -0.1) is 0 Å². The predicted molar refractivity (Wildman–Crippen MR) is 101 cm³/mol. The molecule has 0 radical (unpaired) electrons. The Morgan fingerprint density at radius 3 is 2.59 bits per heavy atom. The van der Waals surface area contributed by atoms with Crippen molar-refractivity contribution < 1.29 is 18.7 Å². The summed E-state index contributed by atoms with van der Waals surface area (Å²) in [7, 11) is 3.36. The first-order valence-electron chi connectivity index (χ1n) is 9.49. The van der Waals surface area contributed by atoms with Crippen LogP contribution in [0.2, 0.25) is 0 Å². The number of nitrogens with one attached hydrogen (secondary N) is 1. The summed E-state index contributed by atoms with van der Waals surface area (Å²) in [6, 6.07) is 10.6. The molecule has 0 aliphatic carbocycles. The average molecular weight is 370 g/mol. The summed E-state index contributed by atoms with van der Waals surface area (Å²) in [5.74, 6) is 1.93. The highest BCUT2D eigenvalue weighted by molar-refractivity contribution is 5.91. The monoisotopic (exact) mass is 370 g/mol. The first-order valence-corrected chi connectivity index (χ1v) is 9.49. The number of carbonyl (C=O) groups is 1. The minimum absolute atomic E-state index is 0.116. The maximum absolute atomic E-state index is 12.3. The molecule has 27 heavy (non-hydrogen) atoms. The van der Waals surface area contributed by atoms with E-state index < -0.39 is 0 Å². The van der Waals surface area contributed by atoms with Gasteiger partial charge >= 0.3 is 0 Å². The zero-order valence-corrected chi connectivity index (χ0v) is 15.8. The van der Waals surface area contributed by atoms with E-state index in [0.717, 1.165) is 30.9 Å². The first-order chi connectivity index (χ1) is 13.2. The molecule has 2 atom stereocenters. The highest BCUT2D eigenvalue weighted by Gasteiger charge is 2.41. The van der Waals surface area contributed by atoms with Gasteiger partial charge in [-0.2, -0.15) is 0 Å². The van der Waals surface area contributed by atoms with E-state index in [1.54, 1.807) is 26.4 Å². The average Bonchev–Trinajstić information content (AvgIpc) is 3.29. The van der Waals surface area contributed by atoms with E-state index in [2.05, 4.69) is 16.3 Å². The quantitative estimate of drug-likeness (QED) is 0.846. The molecule has 2 aliphatic rings. The normalized spacial score (nSPS) is 24.6. The summed E-state index contributed by atoms with van der Waals surface area (Å²) in [6.45, 7) is 0.862. The second-order valence-corrected chi connectivity index (χ2v) is 7.35. The summed E-state index contributed by atoms with van der Waals surface area (Å²) in [5, 5.41) is 3.14. The smallest absolute Gasteiger partial charge is 0.287 e. The summed E-state index contributed by atoms with van der Waals surface area (Å²) in [6.07, 6.45) is 5.83. The Hall–Kier alpha value is -2.47. The van der Waals surface area contributed by atoms with Crippen molar-refractivity contribution in [1.29, 1.82) is 0 Å². The molecule has 1 aromatic heterocycles. The van der Waals surface area contributed by atoms with Crippen LogP contribution in [0.3, 0.4) is 0 Å². The Kier molecular flexibility index (Phi) is 5.07. The molecule has 6 nitrogen and oxygen atoms in total. The van der Waals surface area contributed by atoms with Crippen molar-refractivity contribution in [3.05, 3.63) is 47.9 Å². The Bertz CT molecular complexity index is 775. The molecule has 4 rings (SSSR count). The van der Waals surface area contributed by atoms with Crippen LogP contribution in [0.5, 0.6) is 11.5 Å². The number of methoxy groups -OCH3 is 2. The van der Waals surface area contributed by atoms with Crippen molar-refractivity contribution in [3.63, 3.8) is 0 Å². The summed E-state index contributed by atoms with van der Waals surface area (Å²) in [5.41, 5.74) is 1.17. The van der Waals surface area contributed by atoms with Gasteiger partial charge in [0.1, 0.15) is 11.5 Å². The Labute approximate surface area is 159 Å². The van der Waals surface area contributed by atoms with Crippen LogP contribution in [-0.4, -0.2) is 43.2 Å². The second kappa shape index (κ2) is 7.64. The van der Waals surface area contributed by atoms with Crippen molar-refractivity contribution in [1.82, 2.24) is 10.2 Å². The van der Waals surface area contributed by atoms with E-state index in [0.29, 0.717) is 17.8 Å². The number of amides is 1. The molecule has 2 fully saturated rings. The van der Waals surface area contributed by atoms with Crippen LogP contribution in [0.15, 0.2) is 41.0 Å². The van der Waals surface area contributed by atoms with Gasteiger partial charge in [0.2, 0.25) is 0 Å². The van der Waals surface area contributed by atoms with Crippen LogP contribution < -0.4 is 14.8 Å². The van der Waals surface area contributed by atoms with Crippen LogP contribution in [-0.2, 0) is 6.54 Å². The molecule has 0 spiro atoms. The molecular weight excluding hydrogens is 344 g/mol. The van der Waals surface area contributed by atoms with E-state index in [-0.39, 0.29) is 11.9 Å². The lowest BCUT2D eigenvalue weighted by Crippen LogP contribution is -2.49. The fraction of sp³-hybridized carbons (Fsp3) is 0.476. The fourth-order valence-electron chi connectivity index (χ4n) is 4.49. The van der Waals surface area contributed by atoms with Crippen LogP contribution in [0.25, 0.3) is 0 Å². The molecule has 2 bridgehead atoms. The number of carbonyl (C=O) groups excluding carboxylic acids is 1. The number of ether oxygens (including phenoxy) is 2. The van der Waals surface area contributed by atoms with E-state index in [1.165, 1.54) is 24.7 Å². The first kappa shape index (κ1) is 17.9. The molecule has 1 amide bonds. The molecule has 2 saturated heterocycles. The van der Waals surface area contributed by atoms with Gasteiger partial charge in [0.25, 0.3) is 5.91 Å². The van der Waals surface area contributed by atoms with Gasteiger partial charge in [-0.3, -0.25) is 9.69 Å². The SMILES string of the molecule is COc1ccc(CN2C3CCC2CC(NC(=O)c2ccco2)C3)c(OC)c1. The maximum Gasteiger partial charge on any atom is 0.287 e. The van der Waals surface area contributed by atoms with E-state index in [1.807, 2.05) is 12.1 Å². The molecule has 2 unspecified atom stereocenters. The van der Waals surface area contributed by atoms with Crippen molar-refractivity contribution in [3.8, 4) is 11.5 Å². The van der Waals surface area contributed by atoms with Crippen LogP contribution in [0, 0.1) is 0 Å².